The molecule has 0 bridgehead atoms. The van der Waals surface area contributed by atoms with Crippen molar-refractivity contribution in [1.82, 2.24) is 20.3 Å². The van der Waals surface area contributed by atoms with Crippen LogP contribution in [0.25, 0.3) is 11.2 Å². The SMILES string of the molecule is C[C@@H](NC(=O)C[C@@H]1C[C@H]1c1nc2ncccc2[nH]1)c1ccc(OCC(F)(F)F)s1. The first kappa shape index (κ1) is 19.7. The number of nitrogens with zero attached hydrogens (tertiary/aromatic N) is 2. The molecule has 1 aliphatic carbocycles. The van der Waals surface area contributed by atoms with Crippen LogP contribution in [0.5, 0.6) is 5.06 Å². The fraction of sp³-hybridized carbons (Fsp3) is 0.421. The first-order valence-corrected chi connectivity index (χ1v) is 9.99. The van der Waals surface area contributed by atoms with Crippen molar-refractivity contribution in [3.63, 3.8) is 0 Å². The van der Waals surface area contributed by atoms with Crippen LogP contribution in [0.2, 0.25) is 0 Å². The Kier molecular flexibility index (Phi) is 5.20. The second-order valence-corrected chi connectivity index (χ2v) is 8.23. The maximum atomic E-state index is 12.4. The van der Waals surface area contributed by atoms with Gasteiger partial charge in [0.1, 0.15) is 5.82 Å². The molecule has 2 N–H and O–H groups in total. The minimum absolute atomic E-state index is 0.0922. The number of pyridine rings is 1. The number of hydrogen-bond donors (Lipinski definition) is 2. The molecule has 1 amide bonds. The topological polar surface area (TPSA) is 79.9 Å². The number of carbonyl (C=O) groups excluding carboxylic acids is 1. The van der Waals surface area contributed by atoms with Crippen LogP contribution in [0.4, 0.5) is 13.2 Å². The zero-order chi connectivity index (χ0) is 20.6. The van der Waals surface area contributed by atoms with Crippen LogP contribution < -0.4 is 10.1 Å². The van der Waals surface area contributed by atoms with E-state index in [1.54, 1.807) is 19.2 Å². The maximum absolute atomic E-state index is 12.4. The Hall–Kier alpha value is -2.62. The summed E-state index contributed by atoms with van der Waals surface area (Å²) in [5.74, 6) is 1.20. The van der Waals surface area contributed by atoms with Gasteiger partial charge in [-0.2, -0.15) is 13.2 Å². The molecule has 1 saturated carbocycles. The molecule has 0 spiro atoms. The van der Waals surface area contributed by atoms with Gasteiger partial charge in [0.2, 0.25) is 5.91 Å². The van der Waals surface area contributed by atoms with E-state index in [1.807, 2.05) is 12.1 Å². The van der Waals surface area contributed by atoms with Gasteiger partial charge in [-0.1, -0.05) is 0 Å². The fourth-order valence-corrected chi connectivity index (χ4v) is 4.11. The lowest BCUT2D eigenvalue weighted by Crippen LogP contribution is -2.26. The molecule has 10 heteroatoms. The number of thiophene rings is 1. The molecule has 0 unspecified atom stereocenters. The van der Waals surface area contributed by atoms with E-state index >= 15 is 0 Å². The third-order valence-corrected chi connectivity index (χ3v) is 5.96. The minimum Gasteiger partial charge on any atom is -0.475 e. The number of amides is 1. The van der Waals surface area contributed by atoms with Gasteiger partial charge >= 0.3 is 6.18 Å². The van der Waals surface area contributed by atoms with Crippen LogP contribution >= 0.6 is 11.3 Å². The Balaban J connectivity index is 1.27. The Morgan fingerprint density at radius 2 is 2.24 bits per heavy atom. The van der Waals surface area contributed by atoms with Gasteiger partial charge in [0.25, 0.3) is 0 Å². The monoisotopic (exact) mass is 424 g/mol. The van der Waals surface area contributed by atoms with Crippen LogP contribution in [0, 0.1) is 5.92 Å². The number of alkyl halides is 3. The lowest BCUT2D eigenvalue weighted by Gasteiger charge is -2.12. The standard InChI is InChI=1S/C19H19F3N4O2S/c1-10(14-4-5-16(29-14)28-9-19(20,21)22)24-15(27)8-11-7-12(11)17-25-13-3-2-6-23-18(13)26-17/h2-6,10-12H,7-9H2,1H3,(H,24,27)(H,23,25,26)/t10-,11+,12-/m1/s1. The zero-order valence-electron chi connectivity index (χ0n) is 15.5. The molecule has 29 heavy (non-hydrogen) atoms. The van der Waals surface area contributed by atoms with E-state index in [4.69, 9.17) is 4.74 Å². The molecule has 4 rings (SSSR count). The van der Waals surface area contributed by atoms with Gasteiger partial charge in [-0.05, 0) is 43.5 Å². The summed E-state index contributed by atoms with van der Waals surface area (Å²) in [6.07, 6.45) is -1.42. The van der Waals surface area contributed by atoms with E-state index in [2.05, 4.69) is 20.3 Å². The lowest BCUT2D eigenvalue weighted by atomic mass is 10.2. The number of rotatable bonds is 7. The van der Waals surface area contributed by atoms with Crippen LogP contribution in [0.15, 0.2) is 30.5 Å². The summed E-state index contributed by atoms with van der Waals surface area (Å²) in [4.78, 5) is 25.1. The third-order valence-electron chi connectivity index (χ3n) is 4.78. The van der Waals surface area contributed by atoms with Gasteiger partial charge in [0, 0.05) is 23.4 Å². The van der Waals surface area contributed by atoms with Gasteiger partial charge in [-0.3, -0.25) is 4.79 Å². The van der Waals surface area contributed by atoms with Gasteiger partial charge in [-0.15, -0.1) is 11.3 Å². The number of imidazole rings is 1. The summed E-state index contributed by atoms with van der Waals surface area (Å²) in [6, 6.07) is 6.61. The molecule has 1 fully saturated rings. The summed E-state index contributed by atoms with van der Waals surface area (Å²) in [5, 5.41) is 3.08. The first-order valence-electron chi connectivity index (χ1n) is 9.18. The van der Waals surface area contributed by atoms with Crippen molar-refractivity contribution >= 4 is 28.4 Å². The number of aromatic nitrogens is 3. The quantitative estimate of drug-likeness (QED) is 0.592. The van der Waals surface area contributed by atoms with E-state index in [0.29, 0.717) is 12.1 Å². The number of halogens is 3. The average Bonchev–Trinajstić information content (AvgIpc) is 3.08. The molecule has 0 aromatic carbocycles. The molecule has 0 aliphatic heterocycles. The Morgan fingerprint density at radius 3 is 3.00 bits per heavy atom. The predicted molar refractivity (Wildman–Crippen MR) is 102 cm³/mol. The fourth-order valence-electron chi connectivity index (χ4n) is 3.25. The van der Waals surface area contributed by atoms with Crippen LogP contribution in [-0.4, -0.2) is 33.6 Å². The van der Waals surface area contributed by atoms with Crippen LogP contribution in [0.3, 0.4) is 0 Å². The summed E-state index contributed by atoms with van der Waals surface area (Å²) < 4.78 is 41.4. The van der Waals surface area contributed by atoms with E-state index < -0.39 is 12.8 Å². The maximum Gasteiger partial charge on any atom is 0.422 e. The molecule has 3 aromatic heterocycles. The number of aromatic amines is 1. The van der Waals surface area contributed by atoms with E-state index in [1.165, 1.54) is 6.07 Å². The summed E-state index contributed by atoms with van der Waals surface area (Å²) in [6.45, 7) is 0.473. The molecular weight excluding hydrogens is 405 g/mol. The van der Waals surface area contributed by atoms with Crippen molar-refractivity contribution in [3.05, 3.63) is 41.2 Å². The molecule has 154 valence electrons. The Bertz CT molecular complexity index is 983. The second-order valence-electron chi connectivity index (χ2n) is 7.15. The normalized spacial score (nSPS) is 19.9. The van der Waals surface area contributed by atoms with Crippen LogP contribution in [0.1, 0.15) is 42.4 Å². The number of carbonyl (C=O) groups is 1. The molecule has 0 radical (unpaired) electrons. The van der Waals surface area contributed by atoms with Crippen molar-refractivity contribution < 1.29 is 22.7 Å². The van der Waals surface area contributed by atoms with Crippen molar-refractivity contribution in [2.24, 2.45) is 5.92 Å². The van der Waals surface area contributed by atoms with Gasteiger partial charge in [-0.25, -0.2) is 9.97 Å². The third kappa shape index (κ3) is 4.87. The Labute approximate surface area is 168 Å². The molecular formula is C19H19F3N4O2S. The number of nitrogens with one attached hydrogen (secondary N) is 2. The summed E-state index contributed by atoms with van der Waals surface area (Å²) in [5.41, 5.74) is 1.56. The summed E-state index contributed by atoms with van der Waals surface area (Å²) in [7, 11) is 0. The van der Waals surface area contributed by atoms with Gasteiger partial charge in [0.05, 0.1) is 11.6 Å². The van der Waals surface area contributed by atoms with Gasteiger partial charge in [0.15, 0.2) is 17.3 Å². The largest absolute Gasteiger partial charge is 0.475 e. The van der Waals surface area contributed by atoms with E-state index in [-0.39, 0.29) is 28.8 Å². The van der Waals surface area contributed by atoms with Crippen molar-refractivity contribution in [2.75, 3.05) is 6.61 Å². The van der Waals surface area contributed by atoms with Crippen molar-refractivity contribution in [1.29, 1.82) is 0 Å². The molecule has 3 aromatic rings. The summed E-state index contributed by atoms with van der Waals surface area (Å²) >= 11 is 1.10. The minimum atomic E-state index is -4.37. The van der Waals surface area contributed by atoms with E-state index in [0.717, 1.165) is 34.0 Å². The highest BCUT2D eigenvalue weighted by Gasteiger charge is 2.42. The lowest BCUT2D eigenvalue weighted by molar-refractivity contribution is -0.152. The molecule has 1 aliphatic rings. The predicted octanol–water partition coefficient (Wildman–Crippen LogP) is 4.33. The number of ether oxygens (including phenoxy) is 1. The number of fused-ring (bicyclic) bond motifs is 1. The number of hydrogen-bond acceptors (Lipinski definition) is 5. The zero-order valence-corrected chi connectivity index (χ0v) is 16.3. The van der Waals surface area contributed by atoms with E-state index in [9.17, 15) is 18.0 Å². The molecule has 3 atom stereocenters. The highest BCUT2D eigenvalue weighted by Crippen LogP contribution is 2.48. The first-order chi connectivity index (χ1) is 13.8. The average molecular weight is 424 g/mol. The van der Waals surface area contributed by atoms with Crippen molar-refractivity contribution in [2.45, 2.75) is 37.9 Å². The molecule has 6 nitrogen and oxygen atoms in total. The van der Waals surface area contributed by atoms with Crippen molar-refractivity contribution in [3.8, 4) is 5.06 Å². The van der Waals surface area contributed by atoms with Crippen LogP contribution in [-0.2, 0) is 4.79 Å². The molecule has 0 saturated heterocycles. The Morgan fingerprint density at radius 1 is 1.41 bits per heavy atom. The smallest absolute Gasteiger partial charge is 0.422 e. The van der Waals surface area contributed by atoms with Gasteiger partial charge < -0.3 is 15.0 Å². The second kappa shape index (κ2) is 7.66. The number of H-pyrrole nitrogens is 1. The highest BCUT2D eigenvalue weighted by molar-refractivity contribution is 7.13. The highest BCUT2D eigenvalue weighted by atomic mass is 32.1. The molecule has 3 heterocycles.